The summed E-state index contributed by atoms with van der Waals surface area (Å²) >= 11 is 2.01. The fraction of sp³-hybridized carbons (Fsp3) is 0.444. The summed E-state index contributed by atoms with van der Waals surface area (Å²) in [4.78, 5) is 21.3. The van der Waals surface area contributed by atoms with E-state index >= 15 is 0 Å². The third-order valence-electron chi connectivity index (χ3n) is 4.38. The third-order valence-corrected chi connectivity index (χ3v) is 5.32. The molecule has 0 amide bonds. The Morgan fingerprint density at radius 3 is 2.89 bits per heavy atom. The van der Waals surface area contributed by atoms with Crippen LogP contribution in [0.5, 0.6) is 0 Å². The molecule has 0 spiro atoms. The van der Waals surface area contributed by atoms with Crippen molar-refractivity contribution in [2.45, 2.75) is 13.0 Å². The lowest BCUT2D eigenvalue weighted by molar-refractivity contribution is -0.391. The maximum absolute atomic E-state index is 10.8. The predicted octanol–water partition coefficient (Wildman–Crippen LogP) is 2.69. The maximum atomic E-state index is 10.8. The zero-order chi connectivity index (χ0) is 19.1. The molecule has 2 heterocycles. The number of ether oxygens (including phenoxy) is 1. The van der Waals surface area contributed by atoms with Crippen LogP contribution >= 0.6 is 11.8 Å². The quantitative estimate of drug-likeness (QED) is 0.526. The minimum Gasteiger partial charge on any atom is -0.484 e. The van der Waals surface area contributed by atoms with E-state index in [1.807, 2.05) is 36.2 Å². The number of aliphatic imine (C=N–C) groups is 1. The van der Waals surface area contributed by atoms with Crippen molar-refractivity contribution in [2.75, 3.05) is 31.1 Å². The number of nitro groups is 1. The predicted molar refractivity (Wildman–Crippen MR) is 107 cm³/mol. The highest BCUT2D eigenvalue weighted by Gasteiger charge is 2.17. The zero-order valence-corrected chi connectivity index (χ0v) is 16.1. The van der Waals surface area contributed by atoms with Crippen molar-refractivity contribution >= 4 is 23.3 Å². The highest BCUT2D eigenvalue weighted by molar-refractivity contribution is 7.99. The van der Waals surface area contributed by atoms with Crippen molar-refractivity contribution < 1.29 is 9.66 Å². The van der Waals surface area contributed by atoms with Gasteiger partial charge in [0.05, 0.1) is 7.05 Å². The summed E-state index contributed by atoms with van der Waals surface area (Å²) in [6, 6.07) is 0. The molecule has 3 rings (SSSR count). The fourth-order valence-electron chi connectivity index (χ4n) is 2.74. The van der Waals surface area contributed by atoms with Crippen LogP contribution in [-0.4, -0.2) is 56.2 Å². The first-order chi connectivity index (χ1) is 13.1. The van der Waals surface area contributed by atoms with Gasteiger partial charge in [-0.2, -0.15) is 11.8 Å². The molecule has 144 valence electrons. The number of hydrogen-bond donors (Lipinski definition) is 0. The van der Waals surface area contributed by atoms with E-state index in [0.717, 1.165) is 31.1 Å². The molecule has 8 nitrogen and oxygen atoms in total. The molecule has 0 radical (unpaired) electrons. The minimum absolute atomic E-state index is 0.0497. The maximum Gasteiger partial charge on any atom is 0.342 e. The molecule has 1 fully saturated rings. The van der Waals surface area contributed by atoms with E-state index in [4.69, 9.17) is 4.74 Å². The zero-order valence-electron chi connectivity index (χ0n) is 15.3. The van der Waals surface area contributed by atoms with Crippen molar-refractivity contribution in [3.8, 4) is 0 Å². The molecule has 1 aromatic heterocycles. The van der Waals surface area contributed by atoms with Gasteiger partial charge in [-0.25, -0.2) is 9.55 Å². The molecule has 0 N–H and O–H groups in total. The molecule has 9 heteroatoms. The Morgan fingerprint density at radius 2 is 2.22 bits per heavy atom. The van der Waals surface area contributed by atoms with Crippen LogP contribution in [0, 0.1) is 10.1 Å². The number of hydrogen-bond acceptors (Lipinski definition) is 7. The summed E-state index contributed by atoms with van der Waals surface area (Å²) in [7, 11) is 1.61. The molecule has 27 heavy (non-hydrogen) atoms. The molecule has 1 aliphatic carbocycles. The Kier molecular flexibility index (Phi) is 6.83. The first-order valence-corrected chi connectivity index (χ1v) is 9.97. The van der Waals surface area contributed by atoms with Crippen molar-refractivity contribution in [2.24, 2.45) is 12.0 Å². The molecule has 1 aliphatic heterocycles. The molecular weight excluding hydrogens is 366 g/mol. The van der Waals surface area contributed by atoms with E-state index in [1.165, 1.54) is 22.3 Å². The van der Waals surface area contributed by atoms with Crippen LogP contribution in [0.1, 0.15) is 12.2 Å². The van der Waals surface area contributed by atoms with E-state index in [2.05, 4.69) is 21.0 Å². The van der Waals surface area contributed by atoms with Gasteiger partial charge in [0.2, 0.25) is 5.82 Å². The molecule has 2 aliphatic rings. The summed E-state index contributed by atoms with van der Waals surface area (Å²) in [6.07, 6.45) is 11.6. The standard InChI is InChI=1S/C18H23N5O3S/c1-21-17(20-13-18(21)23(24)25)14-26-16-5-3-15(4-6-16)19-7-2-8-22-9-11-27-12-10-22/h2-3,5-7,13H,4,8-12,14H2,1H3. The van der Waals surface area contributed by atoms with Crippen LogP contribution in [0.2, 0.25) is 0 Å². The molecule has 0 atom stereocenters. The van der Waals surface area contributed by atoms with E-state index in [0.29, 0.717) is 12.2 Å². The van der Waals surface area contributed by atoms with E-state index in [1.54, 1.807) is 7.05 Å². The lowest BCUT2D eigenvalue weighted by Crippen LogP contribution is -2.32. The highest BCUT2D eigenvalue weighted by Crippen LogP contribution is 2.16. The lowest BCUT2D eigenvalue weighted by atomic mass is 10.1. The molecule has 0 saturated carbocycles. The second-order valence-corrected chi connectivity index (χ2v) is 7.42. The van der Waals surface area contributed by atoms with E-state index < -0.39 is 4.92 Å². The second-order valence-electron chi connectivity index (χ2n) is 6.20. The van der Waals surface area contributed by atoms with Crippen LogP contribution in [0.15, 0.2) is 47.5 Å². The van der Waals surface area contributed by atoms with Gasteiger partial charge >= 0.3 is 5.82 Å². The topological polar surface area (TPSA) is 85.8 Å². The molecule has 1 aromatic rings. The molecule has 0 aromatic carbocycles. The lowest BCUT2D eigenvalue weighted by Gasteiger charge is -2.24. The highest BCUT2D eigenvalue weighted by atomic mass is 32.2. The van der Waals surface area contributed by atoms with Crippen LogP contribution in [0.3, 0.4) is 0 Å². The normalized spacial score (nSPS) is 19.6. The average molecular weight is 389 g/mol. The number of aromatic nitrogens is 2. The number of rotatable bonds is 7. The van der Waals surface area contributed by atoms with Crippen LogP contribution in [-0.2, 0) is 18.4 Å². The van der Waals surface area contributed by atoms with Gasteiger partial charge in [-0.1, -0.05) is 6.08 Å². The monoisotopic (exact) mass is 389 g/mol. The number of allylic oxidation sites excluding steroid dienone is 3. The summed E-state index contributed by atoms with van der Waals surface area (Å²) in [6.45, 7) is 3.42. The SMILES string of the molecule is Cn1c([N+](=O)[O-])cnc1COC1=CCC(=NC=CCN2CCSCC2)C=C1. The number of thioether (sulfide) groups is 1. The van der Waals surface area contributed by atoms with Crippen LogP contribution in [0.4, 0.5) is 5.82 Å². The summed E-state index contributed by atoms with van der Waals surface area (Å²) < 4.78 is 7.11. The van der Waals surface area contributed by atoms with E-state index in [9.17, 15) is 10.1 Å². The average Bonchev–Trinajstić information content (AvgIpc) is 3.06. The minimum atomic E-state index is -0.462. The number of imidazole rings is 1. The number of nitrogens with zero attached hydrogens (tertiary/aromatic N) is 5. The van der Waals surface area contributed by atoms with Gasteiger partial charge in [0.1, 0.15) is 12.0 Å². The second kappa shape index (κ2) is 9.52. The van der Waals surface area contributed by atoms with Crippen molar-refractivity contribution in [3.05, 3.63) is 58.4 Å². The summed E-state index contributed by atoms with van der Waals surface area (Å²) in [5.41, 5.74) is 0.973. The third kappa shape index (κ3) is 5.54. The molecular formula is C18H23N5O3S. The van der Waals surface area contributed by atoms with Crippen molar-refractivity contribution in [3.63, 3.8) is 0 Å². The fourth-order valence-corrected chi connectivity index (χ4v) is 3.72. The van der Waals surface area contributed by atoms with Gasteiger partial charge in [-0.3, -0.25) is 9.89 Å². The van der Waals surface area contributed by atoms with Gasteiger partial charge in [0.25, 0.3) is 0 Å². The van der Waals surface area contributed by atoms with Crippen molar-refractivity contribution in [1.29, 1.82) is 0 Å². The Labute approximate surface area is 162 Å². The Morgan fingerprint density at radius 1 is 1.41 bits per heavy atom. The van der Waals surface area contributed by atoms with Gasteiger partial charge in [-0.05, 0) is 23.2 Å². The summed E-state index contributed by atoms with van der Waals surface area (Å²) in [5, 5.41) is 10.8. The van der Waals surface area contributed by atoms with E-state index in [-0.39, 0.29) is 12.4 Å². The first kappa shape index (κ1) is 19.4. The van der Waals surface area contributed by atoms with Gasteiger partial charge in [-0.15, -0.1) is 0 Å². The van der Waals surface area contributed by atoms with Gasteiger partial charge in [0, 0.05) is 49.5 Å². The molecule has 0 unspecified atom stereocenters. The van der Waals surface area contributed by atoms with Crippen LogP contribution < -0.4 is 0 Å². The first-order valence-electron chi connectivity index (χ1n) is 8.81. The Balaban J connectivity index is 1.44. The Hall–Kier alpha value is -2.39. The van der Waals surface area contributed by atoms with Gasteiger partial charge in [0.15, 0.2) is 6.61 Å². The van der Waals surface area contributed by atoms with Crippen LogP contribution in [0.25, 0.3) is 0 Å². The Bertz CT molecular complexity index is 791. The smallest absolute Gasteiger partial charge is 0.342 e. The van der Waals surface area contributed by atoms with Gasteiger partial charge < -0.3 is 14.9 Å². The summed E-state index contributed by atoms with van der Waals surface area (Å²) in [5.74, 6) is 3.60. The molecule has 0 bridgehead atoms. The largest absolute Gasteiger partial charge is 0.484 e. The molecule has 1 saturated heterocycles. The van der Waals surface area contributed by atoms with Crippen molar-refractivity contribution in [1.82, 2.24) is 14.5 Å².